The van der Waals surface area contributed by atoms with Gasteiger partial charge in [-0.3, -0.25) is 0 Å². The highest BCUT2D eigenvalue weighted by molar-refractivity contribution is 4.83. The third kappa shape index (κ3) is 30.9. The van der Waals surface area contributed by atoms with Crippen LogP contribution in [0.15, 0.2) is 0 Å². The van der Waals surface area contributed by atoms with Crippen molar-refractivity contribution >= 4 is 0 Å². The van der Waals surface area contributed by atoms with E-state index in [0.717, 1.165) is 25.9 Å². The Hall–Kier alpha value is -0.120. The molecule has 0 aliphatic heterocycles. The first-order valence-corrected chi connectivity index (χ1v) is 20.8. The Labute approximate surface area is 285 Å². The Morgan fingerprint density at radius 3 is 0.756 bits per heavy atom. The molecule has 0 amide bonds. The van der Waals surface area contributed by atoms with E-state index in [1.54, 1.807) is 0 Å². The zero-order chi connectivity index (χ0) is 33.5. The van der Waals surface area contributed by atoms with E-state index in [1.807, 2.05) is 27.7 Å². The number of hydrogen-bond acceptors (Lipinski definition) is 3. The normalized spacial score (nSPS) is 13.9. The molecule has 0 aromatic heterocycles. The standard InChI is InChI=1S/C42H87NO2/c1-7-9-11-13-15-17-19-21-23-25-27-29-31-33-35-39(41(3,4)44)37-43-38-40(42(5,6)45)36-34-32-30-28-26-24-22-20-18-16-14-12-10-8-2/h39-40,43-45H,7-38H2,1-6H3. The van der Waals surface area contributed by atoms with Crippen molar-refractivity contribution in [1.29, 1.82) is 0 Å². The molecule has 0 fully saturated rings. The van der Waals surface area contributed by atoms with E-state index >= 15 is 0 Å². The smallest absolute Gasteiger partial charge is 0.0631 e. The first kappa shape index (κ1) is 44.9. The van der Waals surface area contributed by atoms with E-state index in [4.69, 9.17) is 0 Å². The summed E-state index contributed by atoms with van der Waals surface area (Å²) >= 11 is 0. The van der Waals surface area contributed by atoms with Crippen LogP contribution in [-0.4, -0.2) is 34.5 Å². The Morgan fingerprint density at radius 2 is 0.556 bits per heavy atom. The van der Waals surface area contributed by atoms with Gasteiger partial charge in [0.2, 0.25) is 0 Å². The van der Waals surface area contributed by atoms with E-state index in [2.05, 4.69) is 19.2 Å². The minimum Gasteiger partial charge on any atom is -0.390 e. The predicted octanol–water partition coefficient (Wildman–Crippen LogP) is 13.1. The monoisotopic (exact) mass is 638 g/mol. The summed E-state index contributed by atoms with van der Waals surface area (Å²) in [5.74, 6) is 0.525. The zero-order valence-electron chi connectivity index (χ0n) is 32.2. The summed E-state index contributed by atoms with van der Waals surface area (Å²) in [7, 11) is 0. The van der Waals surface area contributed by atoms with Gasteiger partial charge in [0, 0.05) is 13.1 Å². The summed E-state index contributed by atoms with van der Waals surface area (Å²) in [6.45, 7) is 14.2. The molecule has 2 atom stereocenters. The Morgan fingerprint density at radius 1 is 0.356 bits per heavy atom. The topological polar surface area (TPSA) is 52.5 Å². The fourth-order valence-corrected chi connectivity index (χ4v) is 7.01. The van der Waals surface area contributed by atoms with Crippen molar-refractivity contribution in [3.63, 3.8) is 0 Å². The van der Waals surface area contributed by atoms with Crippen molar-refractivity contribution in [1.82, 2.24) is 5.32 Å². The molecule has 0 spiro atoms. The van der Waals surface area contributed by atoms with Crippen LogP contribution in [0.3, 0.4) is 0 Å². The van der Waals surface area contributed by atoms with Gasteiger partial charge in [-0.1, -0.05) is 194 Å². The van der Waals surface area contributed by atoms with Crippen LogP contribution in [0.1, 0.15) is 234 Å². The second-order valence-corrected chi connectivity index (χ2v) is 16.1. The molecule has 0 radical (unpaired) electrons. The Kier molecular flexibility index (Phi) is 31.1. The van der Waals surface area contributed by atoms with Gasteiger partial charge in [0.15, 0.2) is 0 Å². The molecule has 272 valence electrons. The minimum atomic E-state index is -0.664. The van der Waals surface area contributed by atoms with Gasteiger partial charge in [0.05, 0.1) is 11.2 Å². The molecule has 0 heterocycles. The maximum absolute atomic E-state index is 10.9. The Balaban J connectivity index is 3.97. The molecule has 0 saturated heterocycles. The molecule has 45 heavy (non-hydrogen) atoms. The van der Waals surface area contributed by atoms with E-state index in [9.17, 15) is 10.2 Å². The second kappa shape index (κ2) is 31.2. The number of rotatable bonds is 36. The third-order valence-corrected chi connectivity index (χ3v) is 10.6. The number of hydrogen-bond donors (Lipinski definition) is 3. The molecule has 0 aromatic rings. The highest BCUT2D eigenvalue weighted by Gasteiger charge is 2.29. The number of nitrogens with one attached hydrogen (secondary N) is 1. The predicted molar refractivity (Wildman–Crippen MR) is 202 cm³/mol. The minimum absolute atomic E-state index is 0.262. The van der Waals surface area contributed by atoms with Crippen LogP contribution in [0.25, 0.3) is 0 Å². The summed E-state index contributed by atoms with van der Waals surface area (Å²) in [5.41, 5.74) is -1.33. The van der Waals surface area contributed by atoms with Gasteiger partial charge in [-0.25, -0.2) is 0 Å². The first-order chi connectivity index (χ1) is 21.6. The first-order valence-electron chi connectivity index (χ1n) is 20.8. The van der Waals surface area contributed by atoms with Crippen molar-refractivity contribution < 1.29 is 10.2 Å². The zero-order valence-corrected chi connectivity index (χ0v) is 32.2. The van der Waals surface area contributed by atoms with Gasteiger partial charge in [-0.05, 0) is 52.4 Å². The molecule has 0 aromatic carbocycles. The quantitative estimate of drug-likeness (QED) is 0.0599. The van der Waals surface area contributed by atoms with Crippen LogP contribution in [-0.2, 0) is 0 Å². The van der Waals surface area contributed by atoms with Crippen molar-refractivity contribution in [2.45, 2.75) is 245 Å². The van der Waals surface area contributed by atoms with Crippen LogP contribution in [0.4, 0.5) is 0 Å². The maximum Gasteiger partial charge on any atom is 0.0631 e. The lowest BCUT2D eigenvalue weighted by Crippen LogP contribution is -2.43. The molecule has 3 heteroatoms. The van der Waals surface area contributed by atoms with E-state index in [0.29, 0.717) is 0 Å². The summed E-state index contributed by atoms with van der Waals surface area (Å²) < 4.78 is 0. The van der Waals surface area contributed by atoms with E-state index in [-0.39, 0.29) is 11.8 Å². The van der Waals surface area contributed by atoms with Crippen LogP contribution < -0.4 is 5.32 Å². The van der Waals surface area contributed by atoms with Gasteiger partial charge in [-0.2, -0.15) is 0 Å². The SMILES string of the molecule is CCCCCCCCCCCCCCCCC(CNCC(CCCCCCCCCCCCCCCC)C(C)(C)O)C(C)(C)O. The highest BCUT2D eigenvalue weighted by Crippen LogP contribution is 2.26. The van der Waals surface area contributed by atoms with Gasteiger partial charge in [-0.15, -0.1) is 0 Å². The van der Waals surface area contributed by atoms with Crippen LogP contribution in [0.2, 0.25) is 0 Å². The fourth-order valence-electron chi connectivity index (χ4n) is 7.01. The van der Waals surface area contributed by atoms with Gasteiger partial charge >= 0.3 is 0 Å². The lowest BCUT2D eigenvalue weighted by atomic mass is 9.84. The summed E-state index contributed by atoms with van der Waals surface area (Å²) in [6.07, 6.45) is 40.9. The van der Waals surface area contributed by atoms with Crippen molar-refractivity contribution in [2.75, 3.05) is 13.1 Å². The van der Waals surface area contributed by atoms with Crippen LogP contribution in [0.5, 0.6) is 0 Å². The highest BCUT2D eigenvalue weighted by atomic mass is 16.3. The average molecular weight is 638 g/mol. The molecule has 3 N–H and O–H groups in total. The van der Waals surface area contributed by atoms with Crippen LogP contribution in [0, 0.1) is 11.8 Å². The van der Waals surface area contributed by atoms with E-state index < -0.39 is 11.2 Å². The van der Waals surface area contributed by atoms with E-state index in [1.165, 1.54) is 180 Å². The van der Waals surface area contributed by atoms with Crippen LogP contribution >= 0.6 is 0 Å². The fraction of sp³-hybridized carbons (Fsp3) is 1.00. The molecule has 2 unspecified atom stereocenters. The number of unbranched alkanes of at least 4 members (excludes halogenated alkanes) is 26. The molecular formula is C42H87NO2. The molecule has 3 nitrogen and oxygen atoms in total. The van der Waals surface area contributed by atoms with Gasteiger partial charge < -0.3 is 15.5 Å². The second-order valence-electron chi connectivity index (χ2n) is 16.1. The van der Waals surface area contributed by atoms with Gasteiger partial charge in [0.1, 0.15) is 0 Å². The molecule has 0 saturated carbocycles. The average Bonchev–Trinajstić information content (AvgIpc) is 2.98. The molecule has 0 bridgehead atoms. The summed E-state index contributed by atoms with van der Waals surface area (Å²) in [4.78, 5) is 0. The summed E-state index contributed by atoms with van der Waals surface area (Å²) in [6, 6.07) is 0. The Bertz CT molecular complexity index is 528. The third-order valence-electron chi connectivity index (χ3n) is 10.6. The lowest BCUT2D eigenvalue weighted by molar-refractivity contribution is 0.00117. The number of aliphatic hydroxyl groups is 2. The summed E-state index contributed by atoms with van der Waals surface area (Å²) in [5, 5.41) is 25.4. The van der Waals surface area contributed by atoms with Crippen molar-refractivity contribution in [3.05, 3.63) is 0 Å². The molecule has 0 aliphatic carbocycles. The maximum atomic E-state index is 10.9. The van der Waals surface area contributed by atoms with Crippen molar-refractivity contribution in [3.8, 4) is 0 Å². The van der Waals surface area contributed by atoms with Crippen molar-refractivity contribution in [2.24, 2.45) is 11.8 Å². The molecular weight excluding hydrogens is 550 g/mol. The van der Waals surface area contributed by atoms with Gasteiger partial charge in [0.25, 0.3) is 0 Å². The lowest BCUT2D eigenvalue weighted by Gasteiger charge is -2.33. The largest absolute Gasteiger partial charge is 0.390 e. The molecule has 0 rings (SSSR count). The molecule has 0 aliphatic rings.